The van der Waals surface area contributed by atoms with Gasteiger partial charge in [0, 0.05) is 5.56 Å². The fourth-order valence-electron chi connectivity index (χ4n) is 4.81. The van der Waals surface area contributed by atoms with Crippen LogP contribution in [-0.4, -0.2) is 5.97 Å². The number of halogens is 1. The second kappa shape index (κ2) is 14.4. The number of hydrogen-bond donors (Lipinski definition) is 0. The van der Waals surface area contributed by atoms with E-state index in [4.69, 9.17) is 4.74 Å². The molecule has 0 bridgehead atoms. The van der Waals surface area contributed by atoms with Crippen molar-refractivity contribution in [3.05, 3.63) is 114 Å². The molecule has 4 aromatic carbocycles. The molecule has 2 nitrogen and oxygen atoms in total. The van der Waals surface area contributed by atoms with Crippen LogP contribution in [0.2, 0.25) is 0 Å². The van der Waals surface area contributed by atoms with Gasteiger partial charge < -0.3 is 4.74 Å². The quantitative estimate of drug-likeness (QED) is 0.0992. The van der Waals surface area contributed by atoms with E-state index in [-0.39, 0.29) is 5.56 Å². The number of aryl methyl sites for hydroxylation is 2. The van der Waals surface area contributed by atoms with Crippen molar-refractivity contribution in [1.82, 2.24) is 0 Å². The number of ether oxygens (including phenoxy) is 1. The highest BCUT2D eigenvalue weighted by atomic mass is 19.1. The molecule has 0 fully saturated rings. The Morgan fingerprint density at radius 1 is 0.615 bits per heavy atom. The van der Waals surface area contributed by atoms with Crippen molar-refractivity contribution in [1.29, 1.82) is 0 Å². The van der Waals surface area contributed by atoms with E-state index >= 15 is 0 Å². The minimum atomic E-state index is -0.577. The van der Waals surface area contributed by atoms with Crippen LogP contribution in [0, 0.1) is 5.82 Å². The molecule has 0 saturated carbocycles. The minimum Gasteiger partial charge on any atom is -0.423 e. The Morgan fingerprint density at radius 3 is 1.69 bits per heavy atom. The predicted octanol–water partition coefficient (Wildman–Crippen LogP) is 10.2. The maximum atomic E-state index is 14.9. The predicted molar refractivity (Wildman–Crippen MR) is 160 cm³/mol. The third-order valence-corrected chi connectivity index (χ3v) is 7.21. The van der Waals surface area contributed by atoms with Crippen LogP contribution in [-0.2, 0) is 12.8 Å². The molecular weight excluding hydrogens is 483 g/mol. The van der Waals surface area contributed by atoms with Crippen molar-refractivity contribution in [3.8, 4) is 28.0 Å². The zero-order valence-electron chi connectivity index (χ0n) is 23.2. The number of esters is 1. The van der Waals surface area contributed by atoms with Crippen LogP contribution in [0.15, 0.2) is 91.0 Å². The normalized spacial score (nSPS) is 10.9. The van der Waals surface area contributed by atoms with Crippen molar-refractivity contribution in [2.24, 2.45) is 0 Å². The summed E-state index contributed by atoms with van der Waals surface area (Å²) in [7, 11) is 0. The zero-order valence-corrected chi connectivity index (χ0v) is 23.2. The summed E-state index contributed by atoms with van der Waals surface area (Å²) >= 11 is 0. The third kappa shape index (κ3) is 8.13. The molecule has 4 rings (SSSR count). The summed E-state index contributed by atoms with van der Waals surface area (Å²) in [6.07, 6.45) is 10.8. The molecule has 39 heavy (non-hydrogen) atoms. The lowest BCUT2D eigenvalue weighted by atomic mass is 10.00. The Hall–Kier alpha value is -3.72. The van der Waals surface area contributed by atoms with Crippen LogP contribution >= 0.6 is 0 Å². The van der Waals surface area contributed by atoms with Crippen LogP contribution in [0.5, 0.6) is 5.75 Å². The molecule has 0 atom stereocenters. The van der Waals surface area contributed by atoms with E-state index in [1.54, 1.807) is 24.3 Å². The fourth-order valence-corrected chi connectivity index (χ4v) is 4.81. The van der Waals surface area contributed by atoms with Gasteiger partial charge in [-0.15, -0.1) is 0 Å². The number of hydrogen-bond acceptors (Lipinski definition) is 2. The highest BCUT2D eigenvalue weighted by Gasteiger charge is 2.13. The summed E-state index contributed by atoms with van der Waals surface area (Å²) in [6, 6.07) is 28.6. The summed E-state index contributed by atoms with van der Waals surface area (Å²) in [5.41, 5.74) is 6.25. The second-order valence-electron chi connectivity index (χ2n) is 10.3. The Balaban J connectivity index is 1.35. The number of unbranched alkanes of at least 4 members (excludes halogenated alkanes) is 5. The summed E-state index contributed by atoms with van der Waals surface area (Å²) in [6.45, 7) is 4.42. The highest BCUT2D eigenvalue weighted by molar-refractivity contribution is 5.91. The van der Waals surface area contributed by atoms with E-state index < -0.39 is 11.8 Å². The summed E-state index contributed by atoms with van der Waals surface area (Å²) in [5.74, 6) is -0.585. The van der Waals surface area contributed by atoms with Gasteiger partial charge in [-0.3, -0.25) is 0 Å². The van der Waals surface area contributed by atoms with Gasteiger partial charge in [-0.1, -0.05) is 113 Å². The van der Waals surface area contributed by atoms with E-state index in [1.165, 1.54) is 55.7 Å². The van der Waals surface area contributed by atoms with Crippen LogP contribution in [0.25, 0.3) is 22.3 Å². The van der Waals surface area contributed by atoms with Crippen LogP contribution in [0.4, 0.5) is 4.39 Å². The lowest BCUT2D eigenvalue weighted by Gasteiger charge is -2.09. The van der Waals surface area contributed by atoms with Crippen molar-refractivity contribution in [2.75, 3.05) is 0 Å². The maximum Gasteiger partial charge on any atom is 0.343 e. The van der Waals surface area contributed by atoms with Crippen LogP contribution < -0.4 is 4.74 Å². The first-order valence-corrected chi connectivity index (χ1v) is 14.4. The third-order valence-electron chi connectivity index (χ3n) is 7.21. The van der Waals surface area contributed by atoms with Gasteiger partial charge >= 0.3 is 5.97 Å². The number of benzene rings is 4. The lowest BCUT2D eigenvalue weighted by Crippen LogP contribution is -2.09. The van der Waals surface area contributed by atoms with Gasteiger partial charge in [0.15, 0.2) is 0 Å². The first-order valence-electron chi connectivity index (χ1n) is 14.4. The first kappa shape index (κ1) is 28.3. The molecule has 0 saturated heterocycles. The van der Waals surface area contributed by atoms with E-state index in [0.29, 0.717) is 11.3 Å². The molecule has 3 heteroatoms. The minimum absolute atomic E-state index is 0.186. The van der Waals surface area contributed by atoms with Gasteiger partial charge in [-0.05, 0) is 77.8 Å². The van der Waals surface area contributed by atoms with Gasteiger partial charge in [-0.25, -0.2) is 9.18 Å². The molecule has 0 aliphatic carbocycles. The second-order valence-corrected chi connectivity index (χ2v) is 10.3. The molecule has 0 unspecified atom stereocenters. The molecule has 0 aliphatic heterocycles. The van der Waals surface area contributed by atoms with Gasteiger partial charge in [0.05, 0.1) is 5.56 Å². The Morgan fingerprint density at radius 2 is 1.13 bits per heavy atom. The zero-order chi connectivity index (χ0) is 27.5. The lowest BCUT2D eigenvalue weighted by molar-refractivity contribution is 0.0734. The van der Waals surface area contributed by atoms with E-state index in [0.717, 1.165) is 36.0 Å². The molecule has 0 aliphatic rings. The molecular formula is C36H39FO2. The molecule has 0 aromatic heterocycles. The number of rotatable bonds is 13. The van der Waals surface area contributed by atoms with Crippen molar-refractivity contribution in [2.45, 2.75) is 71.6 Å². The standard InChI is InChI=1S/C36H39FO2/c1-3-5-7-9-11-28-12-16-29(17-13-28)30-20-23-33(24-21-30)39-36(38)32-22-25-34(35(37)26-32)31-18-14-27(15-19-31)10-8-6-4-2/h12-26H,3-11H2,1-2H3. The summed E-state index contributed by atoms with van der Waals surface area (Å²) < 4.78 is 20.5. The van der Waals surface area contributed by atoms with Crippen molar-refractivity contribution >= 4 is 5.97 Å². The van der Waals surface area contributed by atoms with Gasteiger partial charge in [-0.2, -0.15) is 0 Å². The Bertz CT molecular complexity index is 1320. The molecule has 4 aromatic rings. The molecule has 0 N–H and O–H groups in total. The van der Waals surface area contributed by atoms with Gasteiger partial charge in [0.25, 0.3) is 0 Å². The molecule has 0 spiro atoms. The van der Waals surface area contributed by atoms with E-state index in [1.807, 2.05) is 24.3 Å². The molecule has 0 heterocycles. The van der Waals surface area contributed by atoms with Gasteiger partial charge in [0.1, 0.15) is 11.6 Å². The van der Waals surface area contributed by atoms with E-state index in [2.05, 4.69) is 50.2 Å². The Kier molecular flexibility index (Phi) is 10.5. The fraction of sp³-hybridized carbons (Fsp3) is 0.306. The SMILES string of the molecule is CCCCCCc1ccc(-c2ccc(OC(=O)c3ccc(-c4ccc(CCCCC)cc4)c(F)c3)cc2)cc1. The number of carbonyl (C=O) groups excluding carboxylic acids is 1. The highest BCUT2D eigenvalue weighted by Crippen LogP contribution is 2.27. The topological polar surface area (TPSA) is 26.3 Å². The smallest absolute Gasteiger partial charge is 0.343 e. The van der Waals surface area contributed by atoms with Crippen molar-refractivity contribution < 1.29 is 13.9 Å². The van der Waals surface area contributed by atoms with Crippen molar-refractivity contribution in [3.63, 3.8) is 0 Å². The molecule has 0 amide bonds. The molecule has 0 radical (unpaired) electrons. The monoisotopic (exact) mass is 522 g/mol. The first-order chi connectivity index (χ1) is 19.1. The van der Waals surface area contributed by atoms with Gasteiger partial charge in [0.2, 0.25) is 0 Å². The Labute approximate surface area is 232 Å². The number of carbonyl (C=O) groups is 1. The van der Waals surface area contributed by atoms with Crippen LogP contribution in [0.3, 0.4) is 0 Å². The maximum absolute atomic E-state index is 14.9. The molecule has 202 valence electrons. The largest absolute Gasteiger partial charge is 0.423 e. The van der Waals surface area contributed by atoms with Crippen LogP contribution in [0.1, 0.15) is 80.3 Å². The van der Waals surface area contributed by atoms with E-state index in [9.17, 15) is 9.18 Å². The average molecular weight is 523 g/mol. The average Bonchev–Trinajstić information content (AvgIpc) is 2.97. The summed E-state index contributed by atoms with van der Waals surface area (Å²) in [4.78, 5) is 12.7. The summed E-state index contributed by atoms with van der Waals surface area (Å²) in [5, 5.41) is 0.